The van der Waals surface area contributed by atoms with Crippen LogP contribution in [0.4, 0.5) is 0 Å². The second-order valence-electron chi connectivity index (χ2n) is 6.96. The summed E-state index contributed by atoms with van der Waals surface area (Å²) in [6, 6.07) is 7.50. The van der Waals surface area contributed by atoms with Crippen LogP contribution in [0.1, 0.15) is 73.1 Å². The lowest BCUT2D eigenvalue weighted by molar-refractivity contribution is 0.0755. The highest BCUT2D eigenvalue weighted by Gasteiger charge is 2.21. The first-order valence-corrected chi connectivity index (χ1v) is 9.50. The Hall–Kier alpha value is -1.88. The molecule has 1 aliphatic rings. The molecular weight excluding hydrogens is 314 g/mol. The summed E-state index contributed by atoms with van der Waals surface area (Å²) in [4.78, 5) is 27.1. The van der Waals surface area contributed by atoms with E-state index in [0.717, 1.165) is 51.6 Å². The Kier molecular flexibility index (Phi) is 7.44. The fourth-order valence-electron chi connectivity index (χ4n) is 3.36. The molecule has 25 heavy (non-hydrogen) atoms. The normalized spacial score (nSPS) is 20.1. The van der Waals surface area contributed by atoms with Gasteiger partial charge in [0, 0.05) is 36.3 Å². The minimum Gasteiger partial charge on any atom is -0.349 e. The van der Waals surface area contributed by atoms with E-state index in [0.29, 0.717) is 11.1 Å². The van der Waals surface area contributed by atoms with Gasteiger partial charge in [-0.05, 0) is 56.7 Å². The summed E-state index contributed by atoms with van der Waals surface area (Å²) >= 11 is 0. The lowest BCUT2D eigenvalue weighted by atomic mass is 9.91. The second kappa shape index (κ2) is 9.56. The Bertz CT molecular complexity index is 574. The van der Waals surface area contributed by atoms with Gasteiger partial charge in [0.1, 0.15) is 0 Å². The smallest absolute Gasteiger partial charge is 0.253 e. The summed E-state index contributed by atoms with van der Waals surface area (Å²) in [5.41, 5.74) is 7.05. The molecule has 5 nitrogen and oxygen atoms in total. The molecule has 0 atom stereocenters. The van der Waals surface area contributed by atoms with Gasteiger partial charge in [0.05, 0.1) is 0 Å². The van der Waals surface area contributed by atoms with Crippen LogP contribution in [0, 0.1) is 0 Å². The molecule has 2 amide bonds. The van der Waals surface area contributed by atoms with Gasteiger partial charge in [-0.3, -0.25) is 9.59 Å². The van der Waals surface area contributed by atoms with Crippen LogP contribution < -0.4 is 11.1 Å². The van der Waals surface area contributed by atoms with Gasteiger partial charge in [0.2, 0.25) is 0 Å². The molecular formula is C20H31N3O2. The zero-order valence-electron chi connectivity index (χ0n) is 15.5. The predicted molar refractivity (Wildman–Crippen MR) is 101 cm³/mol. The van der Waals surface area contributed by atoms with Crippen molar-refractivity contribution in [2.75, 3.05) is 13.1 Å². The number of carbonyl (C=O) groups excluding carboxylic acids is 2. The third-order valence-corrected chi connectivity index (χ3v) is 4.75. The molecule has 1 fully saturated rings. The third kappa shape index (κ3) is 5.56. The number of carbonyl (C=O) groups is 2. The van der Waals surface area contributed by atoms with Gasteiger partial charge < -0.3 is 16.0 Å². The summed E-state index contributed by atoms with van der Waals surface area (Å²) in [5.74, 6) is -0.102. The van der Waals surface area contributed by atoms with Crippen LogP contribution in [-0.4, -0.2) is 41.9 Å². The molecule has 1 aromatic carbocycles. The highest BCUT2D eigenvalue weighted by Crippen LogP contribution is 2.18. The first kappa shape index (κ1) is 19.4. The zero-order chi connectivity index (χ0) is 18.2. The summed E-state index contributed by atoms with van der Waals surface area (Å²) in [7, 11) is 0. The van der Waals surface area contributed by atoms with Crippen molar-refractivity contribution in [3.05, 3.63) is 35.4 Å². The Morgan fingerprint density at radius 1 is 1.08 bits per heavy atom. The highest BCUT2D eigenvalue weighted by atomic mass is 16.2. The summed E-state index contributed by atoms with van der Waals surface area (Å²) in [5, 5.41) is 3.08. The van der Waals surface area contributed by atoms with Crippen LogP contribution in [0.5, 0.6) is 0 Å². The molecule has 1 aromatic rings. The molecule has 0 bridgehead atoms. The van der Waals surface area contributed by atoms with Crippen LogP contribution in [0.25, 0.3) is 0 Å². The molecule has 0 aromatic heterocycles. The zero-order valence-corrected chi connectivity index (χ0v) is 15.5. The Morgan fingerprint density at radius 3 is 2.28 bits per heavy atom. The average Bonchev–Trinajstić information content (AvgIpc) is 2.63. The van der Waals surface area contributed by atoms with E-state index in [2.05, 4.69) is 19.2 Å². The van der Waals surface area contributed by atoms with Gasteiger partial charge in [-0.25, -0.2) is 0 Å². The van der Waals surface area contributed by atoms with Crippen molar-refractivity contribution in [1.82, 2.24) is 10.2 Å². The van der Waals surface area contributed by atoms with Gasteiger partial charge >= 0.3 is 0 Å². The topological polar surface area (TPSA) is 75.4 Å². The molecule has 3 N–H and O–H groups in total. The van der Waals surface area contributed by atoms with Crippen molar-refractivity contribution < 1.29 is 9.59 Å². The lowest BCUT2D eigenvalue weighted by Crippen LogP contribution is -2.40. The predicted octanol–water partition coefficient (Wildman–Crippen LogP) is 2.95. The van der Waals surface area contributed by atoms with Crippen molar-refractivity contribution >= 4 is 11.8 Å². The van der Waals surface area contributed by atoms with Gasteiger partial charge in [0.25, 0.3) is 11.8 Å². The molecule has 0 unspecified atom stereocenters. The molecule has 0 heterocycles. The highest BCUT2D eigenvalue weighted by molar-refractivity contribution is 5.99. The Balaban J connectivity index is 2.04. The van der Waals surface area contributed by atoms with E-state index >= 15 is 0 Å². The number of hydrogen-bond acceptors (Lipinski definition) is 3. The molecule has 0 spiro atoms. The van der Waals surface area contributed by atoms with Crippen LogP contribution in [0.3, 0.4) is 0 Å². The maximum absolute atomic E-state index is 12.7. The van der Waals surface area contributed by atoms with Crippen LogP contribution >= 0.6 is 0 Å². The van der Waals surface area contributed by atoms with Crippen molar-refractivity contribution in [2.45, 2.75) is 64.5 Å². The van der Waals surface area contributed by atoms with Gasteiger partial charge in [-0.1, -0.05) is 19.9 Å². The number of nitrogens with two attached hydrogens (primary N) is 1. The van der Waals surface area contributed by atoms with Gasteiger partial charge in [-0.2, -0.15) is 0 Å². The number of nitrogens with one attached hydrogen (secondary N) is 1. The van der Waals surface area contributed by atoms with E-state index in [4.69, 9.17) is 5.73 Å². The molecule has 138 valence electrons. The molecule has 0 aliphatic heterocycles. The SMILES string of the molecule is CCCN(CCC)C(=O)c1cccc(C(=O)NC2CCC(N)CC2)c1. The van der Waals surface area contributed by atoms with E-state index in [-0.39, 0.29) is 23.9 Å². The first-order chi connectivity index (χ1) is 12.0. The molecule has 1 saturated carbocycles. The van der Waals surface area contributed by atoms with E-state index < -0.39 is 0 Å². The van der Waals surface area contributed by atoms with E-state index in [1.807, 2.05) is 4.90 Å². The summed E-state index contributed by atoms with van der Waals surface area (Å²) in [6.07, 6.45) is 5.60. The Morgan fingerprint density at radius 2 is 1.68 bits per heavy atom. The first-order valence-electron chi connectivity index (χ1n) is 9.50. The number of amides is 2. The van der Waals surface area contributed by atoms with Crippen LogP contribution in [0.2, 0.25) is 0 Å². The van der Waals surface area contributed by atoms with Crippen molar-refractivity contribution in [2.24, 2.45) is 5.73 Å². The lowest BCUT2D eigenvalue weighted by Gasteiger charge is -2.27. The fourth-order valence-corrected chi connectivity index (χ4v) is 3.36. The van der Waals surface area contributed by atoms with Gasteiger partial charge in [0.15, 0.2) is 0 Å². The van der Waals surface area contributed by atoms with Gasteiger partial charge in [-0.15, -0.1) is 0 Å². The van der Waals surface area contributed by atoms with Crippen molar-refractivity contribution in [1.29, 1.82) is 0 Å². The number of rotatable bonds is 7. The third-order valence-electron chi connectivity index (χ3n) is 4.75. The monoisotopic (exact) mass is 345 g/mol. The second-order valence-corrected chi connectivity index (χ2v) is 6.96. The number of nitrogens with zero attached hydrogens (tertiary/aromatic N) is 1. The summed E-state index contributed by atoms with van der Waals surface area (Å²) in [6.45, 7) is 5.61. The van der Waals surface area contributed by atoms with E-state index in [1.54, 1.807) is 24.3 Å². The maximum atomic E-state index is 12.7. The summed E-state index contributed by atoms with van der Waals surface area (Å²) < 4.78 is 0. The fraction of sp³-hybridized carbons (Fsp3) is 0.600. The van der Waals surface area contributed by atoms with E-state index in [9.17, 15) is 9.59 Å². The van der Waals surface area contributed by atoms with Crippen molar-refractivity contribution in [3.8, 4) is 0 Å². The molecule has 0 radical (unpaired) electrons. The molecule has 1 aliphatic carbocycles. The van der Waals surface area contributed by atoms with Crippen LogP contribution in [0.15, 0.2) is 24.3 Å². The minimum atomic E-state index is -0.104. The molecule has 2 rings (SSSR count). The van der Waals surface area contributed by atoms with E-state index in [1.165, 1.54) is 0 Å². The maximum Gasteiger partial charge on any atom is 0.253 e. The number of benzene rings is 1. The molecule has 0 saturated heterocycles. The van der Waals surface area contributed by atoms with Crippen LogP contribution in [-0.2, 0) is 0 Å². The van der Waals surface area contributed by atoms with Crippen molar-refractivity contribution in [3.63, 3.8) is 0 Å². The average molecular weight is 345 g/mol. The Labute approximate surface area is 151 Å². The largest absolute Gasteiger partial charge is 0.349 e. The minimum absolute atomic E-state index is 0.00184. The number of hydrogen-bond donors (Lipinski definition) is 2. The standard InChI is InChI=1S/C20H31N3O2/c1-3-12-23(13-4-2)20(25)16-7-5-6-15(14-16)19(24)22-18-10-8-17(21)9-11-18/h5-7,14,17-18H,3-4,8-13,21H2,1-2H3,(H,22,24). The quantitative estimate of drug-likeness (QED) is 0.798. The molecule has 5 heteroatoms.